The normalized spacial score (nSPS) is 11.8. The van der Waals surface area contributed by atoms with Crippen LogP contribution in [0.25, 0.3) is 0 Å². The average molecular weight is 500 g/mol. The van der Waals surface area contributed by atoms with Crippen LogP contribution in [0.15, 0.2) is 53.5 Å². The predicted molar refractivity (Wildman–Crippen MR) is 121 cm³/mol. The first-order valence-corrected chi connectivity index (χ1v) is 8.69. The number of carbonyl (C=O) groups excluding carboxylic acids is 1. The fourth-order valence-electron chi connectivity index (χ4n) is 2.36. The second-order valence-corrected chi connectivity index (χ2v) is 6.11. The Morgan fingerprint density at radius 3 is 2.61 bits per heavy atom. The lowest BCUT2D eigenvalue weighted by atomic mass is 10.2. The Morgan fingerprint density at radius 2 is 1.93 bits per heavy atom. The number of hydrogen-bond acceptors (Lipinski definition) is 3. The van der Waals surface area contributed by atoms with Gasteiger partial charge in [-0.2, -0.15) is 0 Å². The van der Waals surface area contributed by atoms with Crippen LogP contribution in [0.5, 0.6) is 5.75 Å². The summed E-state index contributed by atoms with van der Waals surface area (Å²) >= 11 is 0. The van der Waals surface area contributed by atoms with Crippen molar-refractivity contribution < 1.29 is 13.9 Å². The van der Waals surface area contributed by atoms with Crippen molar-refractivity contribution >= 4 is 41.5 Å². The summed E-state index contributed by atoms with van der Waals surface area (Å²) in [4.78, 5) is 16.0. The van der Waals surface area contributed by atoms with E-state index in [0.717, 1.165) is 11.3 Å². The summed E-state index contributed by atoms with van der Waals surface area (Å²) in [6, 6.07) is 13.6. The van der Waals surface area contributed by atoms with Crippen molar-refractivity contribution in [3.8, 4) is 5.75 Å². The predicted octanol–water partition coefficient (Wildman–Crippen LogP) is 3.32. The number of rotatable bonds is 7. The maximum atomic E-state index is 13.1. The van der Waals surface area contributed by atoms with E-state index in [1.807, 2.05) is 38.1 Å². The van der Waals surface area contributed by atoms with E-state index >= 15 is 0 Å². The van der Waals surface area contributed by atoms with Crippen molar-refractivity contribution in [3.05, 3.63) is 59.9 Å². The number of nitrogens with zero attached hydrogens (tertiary/aromatic N) is 1. The van der Waals surface area contributed by atoms with Gasteiger partial charge in [-0.3, -0.25) is 9.79 Å². The monoisotopic (exact) mass is 500 g/mol. The summed E-state index contributed by atoms with van der Waals surface area (Å²) in [5, 5.41) is 8.63. The third kappa shape index (κ3) is 8.55. The Balaban J connectivity index is 0.00000392. The highest BCUT2D eigenvalue weighted by Gasteiger charge is 2.08. The van der Waals surface area contributed by atoms with Crippen LogP contribution in [-0.2, 0) is 4.79 Å². The molecule has 2 rings (SSSR count). The third-order valence-corrected chi connectivity index (χ3v) is 3.63. The van der Waals surface area contributed by atoms with Gasteiger partial charge < -0.3 is 20.7 Å². The van der Waals surface area contributed by atoms with Crippen LogP contribution < -0.4 is 20.7 Å². The maximum absolute atomic E-state index is 13.1. The lowest BCUT2D eigenvalue weighted by molar-refractivity contribution is -0.115. The summed E-state index contributed by atoms with van der Waals surface area (Å²) in [5.41, 5.74) is 1.54. The van der Waals surface area contributed by atoms with E-state index in [9.17, 15) is 9.18 Å². The molecule has 1 amide bonds. The largest absolute Gasteiger partial charge is 0.489 e. The zero-order chi connectivity index (χ0) is 19.6. The summed E-state index contributed by atoms with van der Waals surface area (Å²) in [6.07, 6.45) is -0.0912. The van der Waals surface area contributed by atoms with Crippen LogP contribution in [0, 0.1) is 12.7 Å². The van der Waals surface area contributed by atoms with Crippen molar-refractivity contribution in [1.29, 1.82) is 0 Å². The number of aryl methyl sites for hydroxylation is 1. The second-order valence-electron chi connectivity index (χ2n) is 6.11. The third-order valence-electron chi connectivity index (χ3n) is 3.63. The van der Waals surface area contributed by atoms with Gasteiger partial charge in [0.1, 0.15) is 17.7 Å². The average Bonchev–Trinajstić information content (AvgIpc) is 2.62. The molecule has 8 heteroatoms. The van der Waals surface area contributed by atoms with Crippen LogP contribution in [-0.4, -0.2) is 38.1 Å². The smallest absolute Gasteiger partial charge is 0.243 e. The quantitative estimate of drug-likeness (QED) is 0.310. The van der Waals surface area contributed by atoms with Gasteiger partial charge in [0, 0.05) is 12.7 Å². The highest BCUT2D eigenvalue weighted by atomic mass is 127. The van der Waals surface area contributed by atoms with Crippen LogP contribution in [0.2, 0.25) is 0 Å². The summed E-state index contributed by atoms with van der Waals surface area (Å²) < 4.78 is 19.0. The number of benzene rings is 2. The number of amides is 1. The Labute approximate surface area is 182 Å². The minimum atomic E-state index is -0.402. The molecular formula is C20H26FIN4O2. The summed E-state index contributed by atoms with van der Waals surface area (Å²) in [5.74, 6) is 0.583. The molecule has 0 bridgehead atoms. The van der Waals surface area contributed by atoms with Crippen molar-refractivity contribution in [2.75, 3.05) is 25.5 Å². The number of ether oxygens (including phenoxy) is 1. The summed E-state index contributed by atoms with van der Waals surface area (Å²) in [6.45, 7) is 4.47. The number of nitrogens with one attached hydrogen (secondary N) is 3. The first-order valence-electron chi connectivity index (χ1n) is 8.69. The van der Waals surface area contributed by atoms with Crippen molar-refractivity contribution in [2.45, 2.75) is 20.0 Å². The first-order chi connectivity index (χ1) is 13.0. The molecule has 0 radical (unpaired) electrons. The molecule has 0 aromatic heterocycles. The Hall–Kier alpha value is -2.36. The molecule has 2 aromatic rings. The molecule has 0 aliphatic heterocycles. The molecule has 1 unspecified atom stereocenters. The van der Waals surface area contributed by atoms with Gasteiger partial charge in [0.25, 0.3) is 0 Å². The molecule has 3 N–H and O–H groups in total. The fraction of sp³-hybridized carbons (Fsp3) is 0.300. The fourth-order valence-corrected chi connectivity index (χ4v) is 2.36. The lowest BCUT2D eigenvalue weighted by Crippen LogP contribution is -2.44. The number of aliphatic imine (C=N–C) groups is 1. The Kier molecular flexibility index (Phi) is 10.3. The number of hydrogen-bond donors (Lipinski definition) is 3. The molecule has 0 heterocycles. The summed E-state index contributed by atoms with van der Waals surface area (Å²) in [7, 11) is 1.62. The molecule has 0 spiro atoms. The van der Waals surface area contributed by atoms with Crippen molar-refractivity contribution in [3.63, 3.8) is 0 Å². The molecule has 0 saturated heterocycles. The van der Waals surface area contributed by atoms with Gasteiger partial charge in [0.05, 0.1) is 13.1 Å². The zero-order valence-electron chi connectivity index (χ0n) is 16.2. The van der Waals surface area contributed by atoms with Crippen LogP contribution >= 0.6 is 24.0 Å². The van der Waals surface area contributed by atoms with Gasteiger partial charge in [-0.25, -0.2) is 4.39 Å². The van der Waals surface area contributed by atoms with Gasteiger partial charge in [-0.1, -0.05) is 18.2 Å². The first kappa shape index (κ1) is 23.7. The van der Waals surface area contributed by atoms with E-state index in [1.54, 1.807) is 13.1 Å². The van der Waals surface area contributed by atoms with Gasteiger partial charge >= 0.3 is 0 Å². The standard InChI is InChI=1S/C20H25FN4O2.HI/c1-14-6-4-9-18(10-14)27-15(2)12-23-20(22-3)24-13-19(26)25-17-8-5-7-16(21)11-17;/h4-11,15H,12-13H2,1-3H3,(H,25,26)(H2,22,23,24);1H. The van der Waals surface area contributed by atoms with Crippen molar-refractivity contribution in [2.24, 2.45) is 4.99 Å². The lowest BCUT2D eigenvalue weighted by Gasteiger charge is -2.18. The molecule has 6 nitrogen and oxygen atoms in total. The number of halogens is 2. The highest BCUT2D eigenvalue weighted by Crippen LogP contribution is 2.13. The van der Waals surface area contributed by atoms with Gasteiger partial charge in [0.15, 0.2) is 5.96 Å². The maximum Gasteiger partial charge on any atom is 0.243 e. The van der Waals surface area contributed by atoms with E-state index in [2.05, 4.69) is 20.9 Å². The molecule has 0 saturated carbocycles. The highest BCUT2D eigenvalue weighted by molar-refractivity contribution is 14.0. The van der Waals surface area contributed by atoms with Crippen LogP contribution in [0.1, 0.15) is 12.5 Å². The minimum Gasteiger partial charge on any atom is -0.489 e. The van der Waals surface area contributed by atoms with E-state index in [-0.39, 0.29) is 42.5 Å². The number of anilines is 1. The minimum absolute atomic E-state index is 0. The Morgan fingerprint density at radius 1 is 1.18 bits per heavy atom. The van der Waals surface area contributed by atoms with E-state index < -0.39 is 5.82 Å². The number of carbonyl (C=O) groups is 1. The molecule has 0 aliphatic rings. The van der Waals surface area contributed by atoms with Gasteiger partial charge in [-0.15, -0.1) is 24.0 Å². The molecule has 28 heavy (non-hydrogen) atoms. The van der Waals surface area contributed by atoms with Crippen LogP contribution in [0.4, 0.5) is 10.1 Å². The second kappa shape index (κ2) is 12.2. The Bertz CT molecular complexity index is 801. The van der Waals surface area contributed by atoms with E-state index in [1.165, 1.54) is 18.2 Å². The van der Waals surface area contributed by atoms with Crippen molar-refractivity contribution in [1.82, 2.24) is 10.6 Å². The zero-order valence-corrected chi connectivity index (χ0v) is 18.5. The topological polar surface area (TPSA) is 74.8 Å². The van der Waals surface area contributed by atoms with Gasteiger partial charge in [-0.05, 0) is 49.7 Å². The SMILES string of the molecule is CN=C(NCC(=O)Nc1cccc(F)c1)NCC(C)Oc1cccc(C)c1.I. The molecule has 0 aliphatic carbocycles. The van der Waals surface area contributed by atoms with Crippen LogP contribution in [0.3, 0.4) is 0 Å². The molecule has 1 atom stereocenters. The number of guanidine groups is 1. The van der Waals surface area contributed by atoms with Gasteiger partial charge in [0.2, 0.25) is 5.91 Å². The van der Waals surface area contributed by atoms with E-state index in [4.69, 9.17) is 4.74 Å². The molecule has 152 valence electrons. The molecule has 2 aromatic carbocycles. The molecular weight excluding hydrogens is 474 g/mol. The van der Waals surface area contributed by atoms with E-state index in [0.29, 0.717) is 18.2 Å². The molecule has 0 fully saturated rings.